The summed E-state index contributed by atoms with van der Waals surface area (Å²) in [4.78, 5) is 11.7. The lowest BCUT2D eigenvalue weighted by molar-refractivity contribution is -0.137. The Morgan fingerprint density at radius 2 is 1.68 bits per heavy atom. The first kappa shape index (κ1) is 19.4. The number of benzene rings is 2. The summed E-state index contributed by atoms with van der Waals surface area (Å²) < 4.78 is 27.1. The van der Waals surface area contributed by atoms with Gasteiger partial charge in [-0.25, -0.2) is 4.79 Å². The van der Waals surface area contributed by atoms with Gasteiger partial charge in [0, 0.05) is 17.0 Å². The second-order valence-electron chi connectivity index (χ2n) is 5.87. The molecule has 0 N–H and O–H groups in total. The maximum absolute atomic E-state index is 11.7. The van der Waals surface area contributed by atoms with E-state index in [1.165, 1.54) is 6.08 Å². The van der Waals surface area contributed by atoms with Crippen LogP contribution in [0.3, 0.4) is 0 Å². The van der Waals surface area contributed by atoms with Crippen LogP contribution in [0.4, 0.5) is 0 Å². The highest BCUT2D eigenvalue weighted by atomic mass is 16.5. The third-order valence-corrected chi connectivity index (χ3v) is 4.25. The highest BCUT2D eigenvalue weighted by Gasteiger charge is 2.15. The van der Waals surface area contributed by atoms with Crippen molar-refractivity contribution in [1.82, 2.24) is 0 Å². The van der Waals surface area contributed by atoms with Crippen LogP contribution in [-0.4, -0.2) is 33.9 Å². The minimum absolute atomic E-state index is 0.330. The third kappa shape index (κ3) is 3.81. The predicted molar refractivity (Wildman–Crippen MR) is 107 cm³/mol. The molecule has 3 rings (SSSR count). The molecule has 0 aliphatic heterocycles. The summed E-state index contributed by atoms with van der Waals surface area (Å²) >= 11 is 0. The van der Waals surface area contributed by atoms with Gasteiger partial charge in [-0.1, -0.05) is 6.07 Å². The summed E-state index contributed by atoms with van der Waals surface area (Å²) in [6, 6.07) is 11.1. The van der Waals surface area contributed by atoms with Crippen molar-refractivity contribution in [3.8, 4) is 28.6 Å². The van der Waals surface area contributed by atoms with Gasteiger partial charge in [0.1, 0.15) is 5.76 Å². The molecule has 0 saturated carbocycles. The molecule has 0 radical (unpaired) electrons. The fourth-order valence-corrected chi connectivity index (χ4v) is 2.91. The van der Waals surface area contributed by atoms with Gasteiger partial charge in [0.15, 0.2) is 22.8 Å². The lowest BCUT2D eigenvalue weighted by Crippen LogP contribution is -1.98. The first-order chi connectivity index (χ1) is 13.6. The molecular formula is C22H22O6. The fourth-order valence-electron chi connectivity index (χ4n) is 2.91. The van der Waals surface area contributed by atoms with Crippen LogP contribution in [0.25, 0.3) is 28.4 Å². The van der Waals surface area contributed by atoms with Gasteiger partial charge >= 0.3 is 5.97 Å². The lowest BCUT2D eigenvalue weighted by Gasteiger charge is -2.08. The third-order valence-electron chi connectivity index (χ3n) is 4.25. The molecule has 0 aliphatic rings. The molecule has 6 nitrogen and oxygen atoms in total. The van der Waals surface area contributed by atoms with Crippen molar-refractivity contribution in [2.75, 3.05) is 27.9 Å². The molecule has 0 atom stereocenters. The highest BCUT2D eigenvalue weighted by Crippen LogP contribution is 2.38. The monoisotopic (exact) mass is 382 g/mol. The summed E-state index contributed by atoms with van der Waals surface area (Å²) in [5.41, 5.74) is 2.24. The number of hydrogen-bond acceptors (Lipinski definition) is 6. The molecular weight excluding hydrogens is 360 g/mol. The highest BCUT2D eigenvalue weighted by molar-refractivity contribution is 5.97. The van der Waals surface area contributed by atoms with Crippen LogP contribution in [0.2, 0.25) is 0 Å². The summed E-state index contributed by atoms with van der Waals surface area (Å²) in [5.74, 6) is 2.10. The van der Waals surface area contributed by atoms with Gasteiger partial charge in [0.05, 0.1) is 27.9 Å². The van der Waals surface area contributed by atoms with Crippen LogP contribution in [0.1, 0.15) is 12.5 Å². The SMILES string of the molecule is CCOC(=O)/C=C/c1ccc(OC)c2oc(-c3ccc(OC)c(OC)c3)cc12. The molecule has 3 aromatic rings. The van der Waals surface area contributed by atoms with Gasteiger partial charge in [-0.3, -0.25) is 0 Å². The lowest BCUT2D eigenvalue weighted by atomic mass is 10.1. The number of esters is 1. The molecule has 0 saturated heterocycles. The van der Waals surface area contributed by atoms with E-state index in [0.717, 1.165) is 16.5 Å². The molecule has 1 heterocycles. The Bertz CT molecular complexity index is 1020. The Labute approximate surface area is 163 Å². The molecule has 0 bridgehead atoms. The molecule has 146 valence electrons. The zero-order valence-electron chi connectivity index (χ0n) is 16.3. The number of furan rings is 1. The Kier molecular flexibility index (Phi) is 5.89. The van der Waals surface area contributed by atoms with Gasteiger partial charge in [-0.05, 0) is 48.9 Å². The molecule has 0 spiro atoms. The van der Waals surface area contributed by atoms with Crippen LogP contribution in [0.5, 0.6) is 17.2 Å². The summed E-state index contributed by atoms with van der Waals surface area (Å²) in [5, 5.41) is 0.824. The quantitative estimate of drug-likeness (QED) is 0.436. The van der Waals surface area contributed by atoms with Crippen molar-refractivity contribution in [1.29, 1.82) is 0 Å². The minimum Gasteiger partial charge on any atom is -0.493 e. The molecule has 6 heteroatoms. The van der Waals surface area contributed by atoms with Gasteiger partial charge in [-0.2, -0.15) is 0 Å². The van der Waals surface area contributed by atoms with E-state index in [1.807, 2.05) is 30.3 Å². The summed E-state index contributed by atoms with van der Waals surface area (Å²) in [6.07, 6.45) is 3.10. The number of rotatable bonds is 7. The number of carbonyl (C=O) groups is 1. The number of hydrogen-bond donors (Lipinski definition) is 0. The molecule has 2 aromatic carbocycles. The predicted octanol–water partition coefficient (Wildman–Crippen LogP) is 4.70. The van der Waals surface area contributed by atoms with Crippen molar-refractivity contribution in [3.05, 3.63) is 48.0 Å². The van der Waals surface area contributed by atoms with E-state index in [2.05, 4.69) is 0 Å². The van der Waals surface area contributed by atoms with E-state index in [0.29, 0.717) is 35.2 Å². The number of ether oxygens (including phenoxy) is 4. The van der Waals surface area contributed by atoms with E-state index in [9.17, 15) is 4.79 Å². The average molecular weight is 382 g/mol. The van der Waals surface area contributed by atoms with Gasteiger partial charge in [0.2, 0.25) is 0 Å². The van der Waals surface area contributed by atoms with Gasteiger partial charge in [-0.15, -0.1) is 0 Å². The maximum atomic E-state index is 11.7. The summed E-state index contributed by atoms with van der Waals surface area (Å²) in [6.45, 7) is 2.10. The van der Waals surface area contributed by atoms with Gasteiger partial charge in [0.25, 0.3) is 0 Å². The largest absolute Gasteiger partial charge is 0.493 e. The zero-order chi connectivity index (χ0) is 20.1. The van der Waals surface area contributed by atoms with Gasteiger partial charge < -0.3 is 23.4 Å². The normalized spacial score (nSPS) is 11.0. The maximum Gasteiger partial charge on any atom is 0.330 e. The Balaban J connectivity index is 2.09. The van der Waals surface area contributed by atoms with Crippen molar-refractivity contribution in [2.24, 2.45) is 0 Å². The first-order valence-electron chi connectivity index (χ1n) is 8.79. The molecule has 0 unspecified atom stereocenters. The van der Waals surface area contributed by atoms with Crippen LogP contribution in [0.15, 0.2) is 46.9 Å². The van der Waals surface area contributed by atoms with Crippen LogP contribution in [-0.2, 0) is 9.53 Å². The Hall–Kier alpha value is -3.41. The van der Waals surface area contributed by atoms with Crippen molar-refractivity contribution >= 4 is 23.0 Å². The number of fused-ring (bicyclic) bond motifs is 1. The van der Waals surface area contributed by atoms with Crippen molar-refractivity contribution < 1.29 is 28.2 Å². The topological polar surface area (TPSA) is 67.1 Å². The van der Waals surface area contributed by atoms with Crippen LogP contribution >= 0.6 is 0 Å². The van der Waals surface area contributed by atoms with E-state index >= 15 is 0 Å². The second-order valence-corrected chi connectivity index (χ2v) is 5.87. The Morgan fingerprint density at radius 3 is 2.36 bits per heavy atom. The smallest absolute Gasteiger partial charge is 0.330 e. The van der Waals surface area contributed by atoms with E-state index in [-0.39, 0.29) is 0 Å². The average Bonchev–Trinajstić information content (AvgIpc) is 3.17. The number of carbonyl (C=O) groups excluding carboxylic acids is 1. The Morgan fingerprint density at radius 1 is 0.964 bits per heavy atom. The first-order valence-corrected chi connectivity index (χ1v) is 8.79. The second kappa shape index (κ2) is 8.52. The zero-order valence-corrected chi connectivity index (χ0v) is 16.3. The number of methoxy groups -OCH3 is 3. The van der Waals surface area contributed by atoms with Crippen molar-refractivity contribution in [3.63, 3.8) is 0 Å². The fraction of sp³-hybridized carbons (Fsp3) is 0.227. The summed E-state index contributed by atoms with van der Waals surface area (Å²) in [7, 11) is 4.76. The minimum atomic E-state index is -0.393. The molecule has 1 aromatic heterocycles. The van der Waals surface area contributed by atoms with E-state index < -0.39 is 5.97 Å². The van der Waals surface area contributed by atoms with Crippen LogP contribution in [0, 0.1) is 0 Å². The molecule has 28 heavy (non-hydrogen) atoms. The standard InChI is InChI=1S/C22H22O6/c1-5-27-21(23)11-8-14-6-10-18(25-3)22-16(14)13-19(28-22)15-7-9-17(24-2)20(12-15)26-4/h6-13H,5H2,1-4H3/b11-8+. The van der Waals surface area contributed by atoms with Crippen molar-refractivity contribution in [2.45, 2.75) is 6.92 Å². The van der Waals surface area contributed by atoms with E-state index in [4.69, 9.17) is 23.4 Å². The molecule has 0 aliphatic carbocycles. The van der Waals surface area contributed by atoms with Crippen LogP contribution < -0.4 is 14.2 Å². The van der Waals surface area contributed by atoms with E-state index in [1.54, 1.807) is 40.4 Å². The molecule has 0 fully saturated rings. The molecule has 0 amide bonds.